The molecule has 0 radical (unpaired) electrons. The summed E-state index contributed by atoms with van der Waals surface area (Å²) in [6, 6.07) is 8.09. The lowest BCUT2D eigenvalue weighted by Crippen LogP contribution is -2.27. The van der Waals surface area contributed by atoms with Crippen molar-refractivity contribution < 1.29 is 9.72 Å². The van der Waals surface area contributed by atoms with Gasteiger partial charge in [0.05, 0.1) is 17.0 Å². The Morgan fingerprint density at radius 1 is 1.43 bits per heavy atom. The summed E-state index contributed by atoms with van der Waals surface area (Å²) in [4.78, 5) is 25.3. The maximum absolute atomic E-state index is 12.4. The minimum Gasteiger partial charge on any atom is -0.336 e. The monoisotopic (exact) mass is 306 g/mol. The highest BCUT2D eigenvalue weighted by Gasteiger charge is 2.23. The Morgan fingerprint density at radius 2 is 2.19 bits per heavy atom. The molecule has 1 aromatic carbocycles. The SMILES string of the molecule is CN(Cc1cccs1)C(=O)c1cccc([N+](=O)[O-])c1NN. The van der Waals surface area contributed by atoms with Crippen LogP contribution in [0.1, 0.15) is 15.2 Å². The number of benzene rings is 1. The van der Waals surface area contributed by atoms with Gasteiger partial charge in [-0.15, -0.1) is 11.3 Å². The summed E-state index contributed by atoms with van der Waals surface area (Å²) in [7, 11) is 1.64. The fourth-order valence-corrected chi connectivity index (χ4v) is 2.69. The summed E-state index contributed by atoms with van der Waals surface area (Å²) in [5, 5.41) is 12.9. The minimum atomic E-state index is -0.578. The molecule has 7 nitrogen and oxygen atoms in total. The summed E-state index contributed by atoms with van der Waals surface area (Å²) in [6.07, 6.45) is 0. The van der Waals surface area contributed by atoms with Gasteiger partial charge in [0.2, 0.25) is 0 Å². The molecule has 0 aliphatic heterocycles. The second-order valence-corrected chi connectivity index (χ2v) is 5.37. The van der Waals surface area contributed by atoms with Gasteiger partial charge in [0.15, 0.2) is 0 Å². The average Bonchev–Trinajstić information content (AvgIpc) is 2.98. The topological polar surface area (TPSA) is 102 Å². The van der Waals surface area contributed by atoms with E-state index in [1.165, 1.54) is 34.4 Å². The van der Waals surface area contributed by atoms with E-state index < -0.39 is 4.92 Å². The minimum absolute atomic E-state index is 0.0190. The number of carbonyl (C=O) groups is 1. The van der Waals surface area contributed by atoms with Gasteiger partial charge < -0.3 is 10.3 Å². The van der Waals surface area contributed by atoms with E-state index in [0.717, 1.165) is 4.88 Å². The van der Waals surface area contributed by atoms with Crippen LogP contribution in [0.15, 0.2) is 35.7 Å². The first-order chi connectivity index (χ1) is 10.0. The fourth-order valence-electron chi connectivity index (χ4n) is 1.94. The van der Waals surface area contributed by atoms with E-state index in [0.29, 0.717) is 6.54 Å². The van der Waals surface area contributed by atoms with E-state index in [1.54, 1.807) is 7.05 Å². The number of nitro benzene ring substituents is 1. The molecule has 21 heavy (non-hydrogen) atoms. The molecule has 110 valence electrons. The highest BCUT2D eigenvalue weighted by Crippen LogP contribution is 2.28. The maximum atomic E-state index is 12.4. The summed E-state index contributed by atoms with van der Waals surface area (Å²) in [5.74, 6) is 5.01. The summed E-state index contributed by atoms with van der Waals surface area (Å²) < 4.78 is 0. The molecule has 1 amide bonds. The molecule has 1 aromatic heterocycles. The molecular formula is C13H14N4O3S. The molecule has 1 heterocycles. The molecule has 0 aliphatic carbocycles. The number of rotatable bonds is 5. The number of nitrogen functional groups attached to an aromatic ring is 1. The molecule has 3 N–H and O–H groups in total. The number of nitrogens with zero attached hydrogens (tertiary/aromatic N) is 2. The van der Waals surface area contributed by atoms with Crippen LogP contribution in [0, 0.1) is 10.1 Å². The predicted molar refractivity (Wildman–Crippen MR) is 81.0 cm³/mol. The number of carbonyl (C=O) groups excluding carboxylic acids is 1. The van der Waals surface area contributed by atoms with Crippen LogP contribution in [0.3, 0.4) is 0 Å². The molecule has 2 aromatic rings. The van der Waals surface area contributed by atoms with Crippen LogP contribution in [0.2, 0.25) is 0 Å². The van der Waals surface area contributed by atoms with Crippen molar-refractivity contribution in [2.75, 3.05) is 12.5 Å². The van der Waals surface area contributed by atoms with Crippen LogP contribution < -0.4 is 11.3 Å². The van der Waals surface area contributed by atoms with Gasteiger partial charge >= 0.3 is 0 Å². The summed E-state index contributed by atoms with van der Waals surface area (Å²) in [6.45, 7) is 0.434. The number of para-hydroxylation sites is 1. The Hall–Kier alpha value is -2.45. The zero-order valence-electron chi connectivity index (χ0n) is 11.3. The number of thiophene rings is 1. The molecule has 0 atom stereocenters. The Labute approximate surface area is 125 Å². The summed E-state index contributed by atoms with van der Waals surface area (Å²) >= 11 is 1.54. The van der Waals surface area contributed by atoms with Crippen molar-refractivity contribution in [2.45, 2.75) is 6.54 Å². The number of hydrogen-bond donors (Lipinski definition) is 2. The second-order valence-electron chi connectivity index (χ2n) is 4.34. The van der Waals surface area contributed by atoms with E-state index in [1.807, 2.05) is 17.5 Å². The summed E-state index contributed by atoms with van der Waals surface area (Å²) in [5.41, 5.74) is 2.22. The van der Waals surface area contributed by atoms with Crippen molar-refractivity contribution in [1.82, 2.24) is 4.90 Å². The van der Waals surface area contributed by atoms with Crippen molar-refractivity contribution in [3.05, 3.63) is 56.3 Å². The third kappa shape index (κ3) is 3.18. The van der Waals surface area contributed by atoms with Gasteiger partial charge in [-0.25, -0.2) is 0 Å². The van der Waals surface area contributed by atoms with Gasteiger partial charge in [-0.2, -0.15) is 0 Å². The quantitative estimate of drug-likeness (QED) is 0.501. The van der Waals surface area contributed by atoms with E-state index in [9.17, 15) is 14.9 Å². The molecule has 0 aliphatic rings. The molecule has 0 saturated carbocycles. The second kappa shape index (κ2) is 6.33. The molecule has 2 rings (SSSR count). The first-order valence-electron chi connectivity index (χ1n) is 6.06. The van der Waals surface area contributed by atoms with Gasteiger partial charge in [0.25, 0.3) is 11.6 Å². The van der Waals surface area contributed by atoms with Crippen molar-refractivity contribution >= 4 is 28.6 Å². The zero-order valence-corrected chi connectivity index (χ0v) is 12.1. The number of nitro groups is 1. The highest BCUT2D eigenvalue weighted by molar-refractivity contribution is 7.09. The lowest BCUT2D eigenvalue weighted by Gasteiger charge is -2.18. The predicted octanol–water partition coefficient (Wildman–Crippen LogP) is 2.21. The zero-order chi connectivity index (χ0) is 15.4. The molecule has 0 spiro atoms. The van der Waals surface area contributed by atoms with Crippen LogP contribution in [0.4, 0.5) is 11.4 Å². The van der Waals surface area contributed by atoms with Crippen molar-refractivity contribution in [2.24, 2.45) is 5.84 Å². The first-order valence-corrected chi connectivity index (χ1v) is 6.94. The van der Waals surface area contributed by atoms with E-state index in [-0.39, 0.29) is 22.8 Å². The van der Waals surface area contributed by atoms with E-state index in [2.05, 4.69) is 5.43 Å². The standard InChI is InChI=1S/C13H14N4O3S/c1-16(8-9-4-3-7-21-9)13(18)10-5-2-6-11(17(19)20)12(10)15-14/h2-7,15H,8,14H2,1H3. The van der Waals surface area contributed by atoms with Gasteiger partial charge in [0.1, 0.15) is 5.69 Å². The van der Waals surface area contributed by atoms with Gasteiger partial charge in [-0.1, -0.05) is 12.1 Å². The number of nitrogens with one attached hydrogen (secondary N) is 1. The highest BCUT2D eigenvalue weighted by atomic mass is 32.1. The Balaban J connectivity index is 2.30. The van der Waals surface area contributed by atoms with Crippen molar-refractivity contribution in [3.63, 3.8) is 0 Å². The third-order valence-corrected chi connectivity index (χ3v) is 3.79. The van der Waals surface area contributed by atoms with Crippen LogP contribution in [-0.2, 0) is 6.54 Å². The molecule has 0 unspecified atom stereocenters. The molecule has 0 fully saturated rings. The van der Waals surface area contributed by atoms with Gasteiger partial charge in [-0.05, 0) is 17.5 Å². The lowest BCUT2D eigenvalue weighted by molar-refractivity contribution is -0.384. The van der Waals surface area contributed by atoms with Crippen molar-refractivity contribution in [3.8, 4) is 0 Å². The number of anilines is 1. The Morgan fingerprint density at radius 3 is 2.76 bits per heavy atom. The van der Waals surface area contributed by atoms with E-state index >= 15 is 0 Å². The van der Waals surface area contributed by atoms with Crippen LogP contribution >= 0.6 is 11.3 Å². The van der Waals surface area contributed by atoms with Gasteiger partial charge in [0, 0.05) is 18.0 Å². The molecule has 0 bridgehead atoms. The lowest BCUT2D eigenvalue weighted by atomic mass is 10.1. The van der Waals surface area contributed by atoms with E-state index in [4.69, 9.17) is 5.84 Å². The van der Waals surface area contributed by atoms with Crippen LogP contribution in [0.5, 0.6) is 0 Å². The number of nitrogens with two attached hydrogens (primary N) is 1. The molecule has 0 saturated heterocycles. The first kappa shape index (κ1) is 14.9. The number of hydrazine groups is 1. The van der Waals surface area contributed by atoms with Gasteiger partial charge in [-0.3, -0.25) is 20.8 Å². The van der Waals surface area contributed by atoms with Crippen LogP contribution in [-0.4, -0.2) is 22.8 Å². The fraction of sp³-hybridized carbons (Fsp3) is 0.154. The Bertz CT molecular complexity index is 657. The van der Waals surface area contributed by atoms with Crippen molar-refractivity contribution in [1.29, 1.82) is 0 Å². The average molecular weight is 306 g/mol. The molecule has 8 heteroatoms. The number of amides is 1. The maximum Gasteiger partial charge on any atom is 0.294 e. The third-order valence-electron chi connectivity index (χ3n) is 2.93. The molecular weight excluding hydrogens is 292 g/mol. The number of hydrogen-bond acceptors (Lipinski definition) is 6. The largest absolute Gasteiger partial charge is 0.336 e. The van der Waals surface area contributed by atoms with Crippen LogP contribution in [0.25, 0.3) is 0 Å². The smallest absolute Gasteiger partial charge is 0.294 e. The normalized spacial score (nSPS) is 10.2. The Kier molecular flexibility index (Phi) is 4.51.